The van der Waals surface area contributed by atoms with Crippen LogP contribution in [0.2, 0.25) is 0 Å². The molecule has 0 aliphatic carbocycles. The Balaban J connectivity index is 4.55. The first kappa shape index (κ1) is 62.1. The van der Waals surface area contributed by atoms with Crippen molar-refractivity contribution in [3.8, 4) is 0 Å². The highest BCUT2D eigenvalue weighted by molar-refractivity contribution is 5.71. The van der Waals surface area contributed by atoms with Crippen molar-refractivity contribution in [2.24, 2.45) is 0 Å². The lowest BCUT2D eigenvalue weighted by Crippen LogP contribution is -2.30. The maximum atomic E-state index is 12.8. The van der Waals surface area contributed by atoms with Crippen molar-refractivity contribution >= 4 is 17.9 Å². The molecule has 374 valence electrons. The van der Waals surface area contributed by atoms with Gasteiger partial charge in [0.05, 0.1) is 0 Å². The van der Waals surface area contributed by atoms with Crippen molar-refractivity contribution in [3.05, 3.63) is 109 Å². The van der Waals surface area contributed by atoms with Crippen LogP contribution in [0.5, 0.6) is 0 Å². The third kappa shape index (κ3) is 51.1. The first-order valence-electron chi connectivity index (χ1n) is 26.9. The maximum absolute atomic E-state index is 12.8. The second-order valence-corrected chi connectivity index (χ2v) is 17.5. The zero-order valence-corrected chi connectivity index (χ0v) is 42.7. The Hall–Kier alpha value is -3.93. The monoisotopic (exact) mass is 915 g/mol. The van der Waals surface area contributed by atoms with E-state index in [1.54, 1.807) is 0 Å². The van der Waals surface area contributed by atoms with Gasteiger partial charge in [-0.3, -0.25) is 14.4 Å². The molecule has 0 amide bonds. The van der Waals surface area contributed by atoms with E-state index in [0.717, 1.165) is 89.9 Å². The summed E-state index contributed by atoms with van der Waals surface area (Å²) in [5.74, 6) is -1.01. The maximum Gasteiger partial charge on any atom is 0.306 e. The van der Waals surface area contributed by atoms with Gasteiger partial charge in [-0.15, -0.1) is 0 Å². The summed E-state index contributed by atoms with van der Waals surface area (Å²) in [6.45, 7) is 6.39. The number of ether oxygens (including phenoxy) is 3. The molecule has 0 saturated carbocycles. The molecule has 0 saturated heterocycles. The second-order valence-electron chi connectivity index (χ2n) is 17.5. The molecule has 1 atom stereocenters. The first-order chi connectivity index (χ1) is 32.5. The molecule has 0 aromatic rings. The summed E-state index contributed by atoms with van der Waals surface area (Å²) in [5.41, 5.74) is 0. The van der Waals surface area contributed by atoms with Gasteiger partial charge in [0.2, 0.25) is 0 Å². The smallest absolute Gasteiger partial charge is 0.306 e. The third-order valence-electron chi connectivity index (χ3n) is 11.1. The van der Waals surface area contributed by atoms with Crippen LogP contribution in [0.25, 0.3) is 0 Å². The van der Waals surface area contributed by atoms with Crippen molar-refractivity contribution in [2.45, 2.75) is 239 Å². The van der Waals surface area contributed by atoms with Crippen LogP contribution in [0.4, 0.5) is 0 Å². The largest absolute Gasteiger partial charge is 0.462 e. The molecule has 0 N–H and O–H groups in total. The van der Waals surface area contributed by atoms with E-state index in [-0.39, 0.29) is 44.0 Å². The minimum atomic E-state index is -0.821. The number of esters is 3. The number of carbonyl (C=O) groups excluding carboxylic acids is 3. The zero-order valence-electron chi connectivity index (χ0n) is 42.7. The Kier molecular flexibility index (Phi) is 50.5. The fraction of sp³-hybridized carbons (Fsp3) is 0.650. The van der Waals surface area contributed by atoms with Crippen LogP contribution < -0.4 is 0 Å². The summed E-state index contributed by atoms with van der Waals surface area (Å²) in [6, 6.07) is 0. The lowest BCUT2D eigenvalue weighted by molar-refractivity contribution is -0.167. The van der Waals surface area contributed by atoms with Gasteiger partial charge in [0.1, 0.15) is 13.2 Å². The van der Waals surface area contributed by atoms with Gasteiger partial charge < -0.3 is 14.2 Å². The van der Waals surface area contributed by atoms with Crippen LogP contribution in [0.1, 0.15) is 233 Å². The van der Waals surface area contributed by atoms with E-state index in [2.05, 4.69) is 130 Å². The van der Waals surface area contributed by atoms with Crippen LogP contribution in [0.3, 0.4) is 0 Å². The number of unbranched alkanes of at least 4 members (excludes halogenated alkanes) is 21. The van der Waals surface area contributed by atoms with Gasteiger partial charge in [-0.25, -0.2) is 0 Å². The number of allylic oxidation sites excluding steroid dienone is 18. The van der Waals surface area contributed by atoms with E-state index in [4.69, 9.17) is 14.2 Å². The molecule has 66 heavy (non-hydrogen) atoms. The number of carbonyl (C=O) groups is 3. The van der Waals surface area contributed by atoms with E-state index >= 15 is 0 Å². The average Bonchev–Trinajstić information content (AvgIpc) is 3.31. The Labute approximate surface area is 406 Å². The summed E-state index contributed by atoms with van der Waals surface area (Å²) in [5, 5.41) is 0. The van der Waals surface area contributed by atoms with Crippen LogP contribution >= 0.6 is 0 Å². The Morgan fingerprint density at radius 3 is 1.17 bits per heavy atom. The quantitative estimate of drug-likeness (QED) is 0.0199. The van der Waals surface area contributed by atoms with Crippen LogP contribution in [0, 0.1) is 0 Å². The van der Waals surface area contributed by atoms with E-state index in [0.29, 0.717) is 12.8 Å². The second kappa shape index (κ2) is 53.7. The van der Waals surface area contributed by atoms with E-state index in [1.165, 1.54) is 96.3 Å². The fourth-order valence-electron chi connectivity index (χ4n) is 7.01. The molecular weight excluding hydrogens is 817 g/mol. The molecule has 0 bridgehead atoms. The lowest BCUT2D eigenvalue weighted by atomic mass is 10.1. The molecule has 0 aliphatic rings. The van der Waals surface area contributed by atoms with Crippen LogP contribution in [0.15, 0.2) is 109 Å². The van der Waals surface area contributed by atoms with Crippen molar-refractivity contribution < 1.29 is 28.6 Å². The topological polar surface area (TPSA) is 78.9 Å². The molecule has 6 nitrogen and oxygen atoms in total. The third-order valence-corrected chi connectivity index (χ3v) is 11.1. The minimum absolute atomic E-state index is 0.114. The minimum Gasteiger partial charge on any atom is -0.462 e. The molecule has 0 fully saturated rings. The number of rotatable bonds is 47. The summed E-state index contributed by atoms with van der Waals surface area (Å²) >= 11 is 0. The standard InChI is InChI=1S/C60H98O6/c1-4-7-10-13-16-19-22-25-28-30-33-35-38-41-44-47-50-53-59(62)65-56-57(55-64-58(61)52-49-46-43-40-37-34-31-27-24-21-18-15-12-9-6-3)66-60(63)54-51-48-45-42-39-36-32-29-26-23-20-17-14-11-8-5-2/h9,12,15-16,18-19,21,24-25,28-29,32-33,35-36,39,41,44,57H,4-8,10-11,13-14,17,20,22-23,26-27,30-31,34,37-38,40,42-43,45-56H2,1-3H3/b12-9-,18-15-,19-16-,24-21-,28-25-,32-29-,35-33-,39-36-,44-41-. The molecular formula is C60H98O6. The zero-order chi connectivity index (χ0) is 47.9. The van der Waals surface area contributed by atoms with Gasteiger partial charge in [0, 0.05) is 19.3 Å². The Morgan fingerprint density at radius 2 is 0.667 bits per heavy atom. The fourth-order valence-corrected chi connectivity index (χ4v) is 7.01. The molecule has 6 heteroatoms. The molecule has 0 rings (SSSR count). The van der Waals surface area contributed by atoms with Crippen molar-refractivity contribution in [2.75, 3.05) is 13.2 Å². The summed E-state index contributed by atoms with van der Waals surface area (Å²) in [6.07, 6.45) is 72.2. The van der Waals surface area contributed by atoms with Crippen LogP contribution in [-0.2, 0) is 28.6 Å². The van der Waals surface area contributed by atoms with Gasteiger partial charge in [-0.1, -0.05) is 220 Å². The molecule has 0 heterocycles. The van der Waals surface area contributed by atoms with Gasteiger partial charge >= 0.3 is 17.9 Å². The molecule has 0 spiro atoms. The lowest BCUT2D eigenvalue weighted by Gasteiger charge is -2.18. The molecule has 0 aromatic carbocycles. The number of hydrogen-bond acceptors (Lipinski definition) is 6. The predicted octanol–water partition coefficient (Wildman–Crippen LogP) is 17.9. The Bertz CT molecular complexity index is 1370. The van der Waals surface area contributed by atoms with Crippen molar-refractivity contribution in [1.82, 2.24) is 0 Å². The molecule has 0 aliphatic heterocycles. The predicted molar refractivity (Wildman–Crippen MR) is 283 cm³/mol. The highest BCUT2D eigenvalue weighted by Gasteiger charge is 2.19. The molecule has 1 unspecified atom stereocenters. The van der Waals surface area contributed by atoms with Gasteiger partial charge in [-0.2, -0.15) is 0 Å². The normalized spacial score (nSPS) is 13.0. The van der Waals surface area contributed by atoms with E-state index in [9.17, 15) is 14.4 Å². The SMILES string of the molecule is CC\C=C/C=C\C=C/CCCCCCCCCC(=O)OCC(COC(=O)CCC/C=C\C/C=C\C/C=C\C/C=C\CCCCC)OC(=O)CCCCC/C=C\C=C/CCCCCCCCC. The van der Waals surface area contributed by atoms with Gasteiger partial charge in [0.25, 0.3) is 0 Å². The summed E-state index contributed by atoms with van der Waals surface area (Å²) in [4.78, 5) is 38.0. The molecule has 0 radical (unpaired) electrons. The highest BCUT2D eigenvalue weighted by atomic mass is 16.6. The van der Waals surface area contributed by atoms with Gasteiger partial charge in [0.15, 0.2) is 6.10 Å². The summed E-state index contributed by atoms with van der Waals surface area (Å²) in [7, 11) is 0. The first-order valence-corrected chi connectivity index (χ1v) is 26.9. The Morgan fingerprint density at radius 1 is 0.333 bits per heavy atom. The summed E-state index contributed by atoms with van der Waals surface area (Å²) < 4.78 is 16.7. The van der Waals surface area contributed by atoms with Crippen LogP contribution in [-0.4, -0.2) is 37.2 Å². The van der Waals surface area contributed by atoms with Crippen molar-refractivity contribution in [3.63, 3.8) is 0 Å². The van der Waals surface area contributed by atoms with E-state index in [1.807, 2.05) is 0 Å². The average molecular weight is 915 g/mol. The highest BCUT2D eigenvalue weighted by Crippen LogP contribution is 2.13. The van der Waals surface area contributed by atoms with E-state index < -0.39 is 6.10 Å². The van der Waals surface area contributed by atoms with Gasteiger partial charge in [-0.05, 0) is 103 Å². The number of hydrogen-bond donors (Lipinski definition) is 0. The van der Waals surface area contributed by atoms with Crippen molar-refractivity contribution in [1.29, 1.82) is 0 Å². The molecule has 0 aromatic heterocycles.